The highest BCUT2D eigenvalue weighted by Crippen LogP contribution is 2.43. The molecule has 5 atom stereocenters. The summed E-state index contributed by atoms with van der Waals surface area (Å²) in [7, 11) is 0. The van der Waals surface area contributed by atoms with Crippen LogP contribution in [0, 0.1) is 11.8 Å². The van der Waals surface area contributed by atoms with Crippen molar-refractivity contribution in [2.24, 2.45) is 11.8 Å². The van der Waals surface area contributed by atoms with E-state index in [0.717, 1.165) is 42.4 Å². The fourth-order valence-corrected chi connectivity index (χ4v) is 5.20. The summed E-state index contributed by atoms with van der Waals surface area (Å²) < 4.78 is 6.22. The molecule has 4 heterocycles. The Balaban J connectivity index is 1.56. The summed E-state index contributed by atoms with van der Waals surface area (Å²) in [6.07, 6.45) is 5.46. The molecule has 31 heavy (non-hydrogen) atoms. The van der Waals surface area contributed by atoms with Gasteiger partial charge in [-0.05, 0) is 67.6 Å². The van der Waals surface area contributed by atoms with Crippen molar-refractivity contribution in [2.45, 2.75) is 25.0 Å². The molecule has 3 unspecified atom stereocenters. The van der Waals surface area contributed by atoms with E-state index in [-0.39, 0.29) is 17.8 Å². The lowest BCUT2D eigenvalue weighted by atomic mass is 9.73. The summed E-state index contributed by atoms with van der Waals surface area (Å²) in [4.78, 5) is 20.0. The van der Waals surface area contributed by atoms with Crippen molar-refractivity contribution < 1.29 is 14.6 Å². The molecule has 6 rings (SSSR count). The number of aromatic hydroxyl groups is 1. The Hall–Kier alpha value is -3.18. The van der Waals surface area contributed by atoms with Crippen LogP contribution >= 0.6 is 0 Å². The standard InChI is InChI=1S/C26H26N2O3/c1-2-17-16-28-13-11-19(17)14-24(28)25(31-26(30)18-6-4-3-5-7-18)21-10-12-27-23-9-8-20(29)15-22(21)23/h2-10,12,15,17,19,24-25,29H,1,11,13-14,16H2/t17?,19?,24-,25+/m0/s1. The predicted octanol–water partition coefficient (Wildman–Crippen LogP) is 4.73. The molecule has 0 aliphatic carbocycles. The lowest BCUT2D eigenvalue weighted by Crippen LogP contribution is -2.55. The number of rotatable bonds is 5. The van der Waals surface area contributed by atoms with Gasteiger partial charge in [0.15, 0.2) is 0 Å². The first-order valence-electron chi connectivity index (χ1n) is 10.8. The third-order valence-electron chi connectivity index (χ3n) is 6.81. The molecule has 3 aliphatic rings. The molecule has 0 amide bonds. The minimum absolute atomic E-state index is 0.0792. The Morgan fingerprint density at radius 1 is 1.23 bits per heavy atom. The van der Waals surface area contributed by atoms with Crippen molar-refractivity contribution in [3.63, 3.8) is 0 Å². The van der Waals surface area contributed by atoms with Crippen LogP contribution in [0.5, 0.6) is 5.75 Å². The third-order valence-corrected chi connectivity index (χ3v) is 6.81. The first-order chi connectivity index (χ1) is 15.1. The molecule has 0 spiro atoms. The summed E-state index contributed by atoms with van der Waals surface area (Å²) in [6.45, 7) is 5.95. The molecule has 0 radical (unpaired) electrons. The molecule has 3 saturated heterocycles. The number of benzene rings is 2. The molecule has 3 aliphatic heterocycles. The predicted molar refractivity (Wildman–Crippen MR) is 120 cm³/mol. The van der Waals surface area contributed by atoms with Crippen molar-refractivity contribution >= 4 is 16.9 Å². The second-order valence-electron chi connectivity index (χ2n) is 8.54. The van der Waals surface area contributed by atoms with Crippen LogP contribution in [0.2, 0.25) is 0 Å². The summed E-state index contributed by atoms with van der Waals surface area (Å²) in [5.41, 5.74) is 2.20. The van der Waals surface area contributed by atoms with E-state index in [1.54, 1.807) is 36.5 Å². The summed E-state index contributed by atoms with van der Waals surface area (Å²) in [5, 5.41) is 10.9. The van der Waals surface area contributed by atoms with E-state index in [2.05, 4.69) is 22.5 Å². The largest absolute Gasteiger partial charge is 0.508 e. The molecule has 5 nitrogen and oxygen atoms in total. The van der Waals surface area contributed by atoms with Gasteiger partial charge in [-0.15, -0.1) is 6.58 Å². The number of nitrogens with zero attached hydrogens (tertiary/aromatic N) is 2. The second-order valence-corrected chi connectivity index (χ2v) is 8.54. The number of carbonyl (C=O) groups excluding carboxylic acids is 1. The highest BCUT2D eigenvalue weighted by molar-refractivity contribution is 5.90. The Morgan fingerprint density at radius 3 is 2.81 bits per heavy atom. The van der Waals surface area contributed by atoms with Crippen molar-refractivity contribution in [2.75, 3.05) is 13.1 Å². The van der Waals surface area contributed by atoms with Crippen LogP contribution < -0.4 is 0 Å². The number of hydrogen-bond donors (Lipinski definition) is 1. The van der Waals surface area contributed by atoms with Gasteiger partial charge in [0.1, 0.15) is 11.9 Å². The van der Waals surface area contributed by atoms with Crippen LogP contribution in [-0.2, 0) is 4.74 Å². The zero-order valence-corrected chi connectivity index (χ0v) is 17.4. The Bertz CT molecular complexity index is 1110. The lowest BCUT2D eigenvalue weighted by Gasteiger charge is -2.51. The molecule has 2 bridgehead atoms. The number of phenolic OH excluding ortho intramolecular Hbond substituents is 1. The minimum atomic E-state index is -0.450. The molecular weight excluding hydrogens is 388 g/mol. The average Bonchev–Trinajstić information content (AvgIpc) is 2.83. The zero-order valence-electron chi connectivity index (χ0n) is 17.4. The van der Waals surface area contributed by atoms with Gasteiger partial charge in [-0.2, -0.15) is 0 Å². The topological polar surface area (TPSA) is 62.7 Å². The van der Waals surface area contributed by atoms with Crippen LogP contribution in [0.25, 0.3) is 10.9 Å². The van der Waals surface area contributed by atoms with Gasteiger partial charge in [0.25, 0.3) is 0 Å². The maximum Gasteiger partial charge on any atom is 0.338 e. The van der Waals surface area contributed by atoms with E-state index in [0.29, 0.717) is 17.4 Å². The van der Waals surface area contributed by atoms with Gasteiger partial charge in [0.05, 0.1) is 17.1 Å². The van der Waals surface area contributed by atoms with E-state index in [9.17, 15) is 9.90 Å². The van der Waals surface area contributed by atoms with Crippen LogP contribution in [0.4, 0.5) is 0 Å². The van der Waals surface area contributed by atoms with Gasteiger partial charge in [0.2, 0.25) is 0 Å². The fraction of sp³-hybridized carbons (Fsp3) is 0.308. The number of hydrogen-bond acceptors (Lipinski definition) is 5. The zero-order chi connectivity index (χ0) is 21.4. The maximum atomic E-state index is 13.1. The molecular formula is C26H26N2O3. The first-order valence-corrected chi connectivity index (χ1v) is 10.8. The second kappa shape index (κ2) is 8.16. The highest BCUT2D eigenvalue weighted by atomic mass is 16.5. The van der Waals surface area contributed by atoms with Gasteiger partial charge in [0, 0.05) is 23.7 Å². The van der Waals surface area contributed by atoms with E-state index >= 15 is 0 Å². The molecule has 5 heteroatoms. The van der Waals surface area contributed by atoms with Crippen LogP contribution in [0.3, 0.4) is 0 Å². The van der Waals surface area contributed by atoms with Crippen molar-refractivity contribution in [1.29, 1.82) is 0 Å². The number of aromatic nitrogens is 1. The Morgan fingerprint density at radius 2 is 2.06 bits per heavy atom. The number of piperidine rings is 3. The molecule has 158 valence electrons. The van der Waals surface area contributed by atoms with Crippen molar-refractivity contribution in [3.05, 3.63) is 84.6 Å². The highest BCUT2D eigenvalue weighted by Gasteiger charge is 2.44. The average molecular weight is 415 g/mol. The van der Waals surface area contributed by atoms with Crippen LogP contribution in [0.1, 0.15) is 34.9 Å². The van der Waals surface area contributed by atoms with Gasteiger partial charge in [-0.3, -0.25) is 9.88 Å². The van der Waals surface area contributed by atoms with Crippen molar-refractivity contribution in [3.8, 4) is 5.75 Å². The summed E-state index contributed by atoms with van der Waals surface area (Å²) >= 11 is 0. The van der Waals surface area contributed by atoms with E-state index in [1.807, 2.05) is 24.3 Å². The van der Waals surface area contributed by atoms with Crippen LogP contribution in [0.15, 0.2) is 73.4 Å². The Labute approximate surface area is 182 Å². The van der Waals surface area contributed by atoms with Gasteiger partial charge < -0.3 is 9.84 Å². The van der Waals surface area contributed by atoms with Gasteiger partial charge in [-0.25, -0.2) is 4.79 Å². The normalized spacial score (nSPS) is 25.8. The smallest absolute Gasteiger partial charge is 0.338 e. The summed E-state index contributed by atoms with van der Waals surface area (Å²) in [5.74, 6) is 0.867. The quantitative estimate of drug-likeness (QED) is 0.483. The number of fused-ring (bicyclic) bond motifs is 4. The third kappa shape index (κ3) is 3.70. The number of ether oxygens (including phenoxy) is 1. The van der Waals surface area contributed by atoms with Gasteiger partial charge in [-0.1, -0.05) is 24.3 Å². The van der Waals surface area contributed by atoms with E-state index < -0.39 is 6.10 Å². The van der Waals surface area contributed by atoms with E-state index in [4.69, 9.17) is 4.74 Å². The molecule has 1 aromatic heterocycles. The number of pyridine rings is 1. The number of esters is 1. The fourth-order valence-electron chi connectivity index (χ4n) is 5.20. The maximum absolute atomic E-state index is 13.1. The summed E-state index contributed by atoms with van der Waals surface area (Å²) in [6, 6.07) is 16.2. The van der Waals surface area contributed by atoms with E-state index in [1.165, 1.54) is 0 Å². The van der Waals surface area contributed by atoms with Crippen molar-refractivity contribution in [1.82, 2.24) is 9.88 Å². The SMILES string of the molecule is C=CC1CN2CCC1C[C@H]2[C@H](OC(=O)c1ccccc1)c1ccnc2ccc(O)cc12. The first kappa shape index (κ1) is 19.8. The lowest BCUT2D eigenvalue weighted by molar-refractivity contribution is -0.0568. The molecule has 0 saturated carbocycles. The van der Waals surface area contributed by atoms with Gasteiger partial charge >= 0.3 is 5.97 Å². The monoisotopic (exact) mass is 414 g/mol. The molecule has 3 fully saturated rings. The number of carbonyl (C=O) groups is 1. The minimum Gasteiger partial charge on any atom is -0.508 e. The molecule has 3 aromatic rings. The molecule has 2 aromatic carbocycles. The number of phenols is 1. The Kier molecular flexibility index (Phi) is 5.20. The molecule has 1 N–H and O–H groups in total. The van der Waals surface area contributed by atoms with Crippen LogP contribution in [-0.4, -0.2) is 40.1 Å².